The van der Waals surface area contributed by atoms with Crippen LogP contribution in [0.15, 0.2) is 33.9 Å². The van der Waals surface area contributed by atoms with Gasteiger partial charge in [-0.15, -0.1) is 11.3 Å². The molecule has 0 aliphatic carbocycles. The SMILES string of the molecule is CC1C(=O)N2CCCc3cc(NS(=O)(=O)c4cccs4)cc1c32. The van der Waals surface area contributed by atoms with Crippen LogP contribution in [-0.4, -0.2) is 20.9 Å². The third kappa shape index (κ3) is 2.26. The molecular weight excluding hydrogens is 332 g/mol. The molecule has 1 amide bonds. The van der Waals surface area contributed by atoms with Gasteiger partial charge in [0.15, 0.2) is 0 Å². The van der Waals surface area contributed by atoms with Crippen LogP contribution in [0.5, 0.6) is 0 Å². The molecule has 0 saturated heterocycles. The smallest absolute Gasteiger partial charge is 0.271 e. The van der Waals surface area contributed by atoms with Gasteiger partial charge in [0.25, 0.3) is 10.0 Å². The summed E-state index contributed by atoms with van der Waals surface area (Å²) in [6.45, 7) is 2.64. The Bertz CT molecular complexity index is 888. The molecule has 1 N–H and O–H groups in total. The van der Waals surface area contributed by atoms with Crippen LogP contribution in [0.1, 0.15) is 30.4 Å². The quantitative estimate of drug-likeness (QED) is 0.927. The lowest BCUT2D eigenvalue weighted by atomic mass is 9.96. The van der Waals surface area contributed by atoms with Crippen molar-refractivity contribution in [2.75, 3.05) is 16.2 Å². The van der Waals surface area contributed by atoms with Crippen LogP contribution in [0.25, 0.3) is 0 Å². The summed E-state index contributed by atoms with van der Waals surface area (Å²) in [7, 11) is -3.57. The molecule has 0 radical (unpaired) electrons. The van der Waals surface area contributed by atoms with Gasteiger partial charge < -0.3 is 4.90 Å². The van der Waals surface area contributed by atoms with Gasteiger partial charge in [0.2, 0.25) is 5.91 Å². The van der Waals surface area contributed by atoms with E-state index in [2.05, 4.69) is 4.72 Å². The molecule has 1 aromatic heterocycles. The molecule has 120 valence electrons. The van der Waals surface area contributed by atoms with Crippen LogP contribution in [0.2, 0.25) is 0 Å². The monoisotopic (exact) mass is 348 g/mol. The molecule has 23 heavy (non-hydrogen) atoms. The maximum atomic E-state index is 12.4. The highest BCUT2D eigenvalue weighted by molar-refractivity contribution is 7.94. The Kier molecular flexibility index (Phi) is 3.24. The van der Waals surface area contributed by atoms with E-state index in [0.29, 0.717) is 5.69 Å². The van der Waals surface area contributed by atoms with E-state index in [1.807, 2.05) is 17.9 Å². The second-order valence-electron chi connectivity index (χ2n) is 5.93. The first-order valence-electron chi connectivity index (χ1n) is 7.52. The second-order valence-corrected chi connectivity index (χ2v) is 8.78. The number of carbonyl (C=O) groups is 1. The number of nitrogens with zero attached hydrogens (tertiary/aromatic N) is 1. The van der Waals surface area contributed by atoms with Gasteiger partial charge in [0.05, 0.1) is 11.6 Å². The third-order valence-electron chi connectivity index (χ3n) is 4.43. The van der Waals surface area contributed by atoms with Gasteiger partial charge >= 0.3 is 0 Å². The predicted octanol–water partition coefficient (Wildman–Crippen LogP) is 2.95. The van der Waals surface area contributed by atoms with Crippen molar-refractivity contribution in [1.29, 1.82) is 0 Å². The molecular formula is C16H16N2O3S2. The van der Waals surface area contributed by atoms with Gasteiger partial charge in [0.1, 0.15) is 4.21 Å². The number of nitrogens with one attached hydrogen (secondary N) is 1. The van der Waals surface area contributed by atoms with E-state index in [4.69, 9.17) is 0 Å². The fourth-order valence-electron chi connectivity index (χ4n) is 3.38. The van der Waals surface area contributed by atoms with Gasteiger partial charge in [-0.2, -0.15) is 0 Å². The largest absolute Gasteiger partial charge is 0.311 e. The van der Waals surface area contributed by atoms with Crippen LogP contribution < -0.4 is 9.62 Å². The van der Waals surface area contributed by atoms with Gasteiger partial charge in [-0.1, -0.05) is 6.07 Å². The highest BCUT2D eigenvalue weighted by Gasteiger charge is 2.38. The Morgan fingerprint density at radius 2 is 2.17 bits per heavy atom. The summed E-state index contributed by atoms with van der Waals surface area (Å²) in [6.07, 6.45) is 1.78. The molecule has 0 spiro atoms. The van der Waals surface area contributed by atoms with E-state index < -0.39 is 10.0 Å². The molecule has 0 fully saturated rings. The Hall–Kier alpha value is -1.86. The number of rotatable bonds is 3. The molecule has 2 aliphatic heterocycles. The highest BCUT2D eigenvalue weighted by Crippen LogP contribution is 2.44. The minimum atomic E-state index is -3.57. The molecule has 0 saturated carbocycles. The van der Waals surface area contributed by atoms with Crippen molar-refractivity contribution < 1.29 is 13.2 Å². The average Bonchev–Trinajstić information content (AvgIpc) is 3.13. The van der Waals surface area contributed by atoms with E-state index in [0.717, 1.165) is 36.2 Å². The summed E-state index contributed by atoms with van der Waals surface area (Å²) in [6, 6.07) is 6.96. The number of amides is 1. The van der Waals surface area contributed by atoms with Crippen LogP contribution >= 0.6 is 11.3 Å². The number of anilines is 2. The van der Waals surface area contributed by atoms with E-state index in [1.54, 1.807) is 23.6 Å². The van der Waals surface area contributed by atoms with E-state index in [9.17, 15) is 13.2 Å². The number of sulfonamides is 1. The Balaban J connectivity index is 1.77. The van der Waals surface area contributed by atoms with Crippen molar-refractivity contribution in [3.63, 3.8) is 0 Å². The van der Waals surface area contributed by atoms with Crippen LogP contribution in [-0.2, 0) is 21.2 Å². The van der Waals surface area contributed by atoms with Crippen molar-refractivity contribution in [1.82, 2.24) is 0 Å². The number of carbonyl (C=O) groups excluding carboxylic acids is 1. The molecule has 7 heteroatoms. The summed E-state index contributed by atoms with van der Waals surface area (Å²) < 4.78 is 27.8. The number of benzene rings is 1. The van der Waals surface area contributed by atoms with Crippen molar-refractivity contribution in [3.05, 3.63) is 40.8 Å². The number of hydrogen-bond donors (Lipinski definition) is 1. The van der Waals surface area contributed by atoms with Gasteiger partial charge in [-0.25, -0.2) is 8.42 Å². The first-order chi connectivity index (χ1) is 11.0. The highest BCUT2D eigenvalue weighted by atomic mass is 32.2. The molecule has 1 atom stereocenters. The van der Waals surface area contributed by atoms with Crippen LogP contribution in [0.4, 0.5) is 11.4 Å². The Morgan fingerprint density at radius 3 is 2.91 bits per heavy atom. The zero-order valence-corrected chi connectivity index (χ0v) is 14.2. The topological polar surface area (TPSA) is 66.5 Å². The zero-order chi connectivity index (χ0) is 16.2. The first kappa shape index (κ1) is 14.7. The summed E-state index contributed by atoms with van der Waals surface area (Å²) in [5.41, 5.74) is 3.51. The fraction of sp³-hybridized carbons (Fsp3) is 0.312. The molecule has 1 aromatic carbocycles. The minimum Gasteiger partial charge on any atom is -0.311 e. The first-order valence-corrected chi connectivity index (χ1v) is 9.88. The molecule has 4 rings (SSSR count). The standard InChI is InChI=1S/C16H16N2O3S2/c1-10-13-9-12(17-23(20,21)14-5-3-7-22-14)8-11-4-2-6-18(15(11)13)16(10)19/h3,5,7-10,17H,2,4,6H2,1H3. The lowest BCUT2D eigenvalue weighted by molar-refractivity contribution is -0.119. The van der Waals surface area contributed by atoms with Crippen molar-refractivity contribution in [2.24, 2.45) is 0 Å². The Labute approximate surface area is 139 Å². The van der Waals surface area contributed by atoms with Crippen molar-refractivity contribution in [2.45, 2.75) is 29.9 Å². The summed E-state index contributed by atoms with van der Waals surface area (Å²) in [5, 5.41) is 1.74. The fourth-order valence-corrected chi connectivity index (χ4v) is 5.41. The molecule has 2 aromatic rings. The zero-order valence-electron chi connectivity index (χ0n) is 12.6. The summed E-state index contributed by atoms with van der Waals surface area (Å²) in [5.74, 6) is -0.104. The Morgan fingerprint density at radius 1 is 1.35 bits per heavy atom. The average molecular weight is 348 g/mol. The van der Waals surface area contributed by atoms with Crippen LogP contribution in [0, 0.1) is 0 Å². The molecule has 0 bridgehead atoms. The van der Waals surface area contributed by atoms with E-state index in [-0.39, 0.29) is 16.0 Å². The van der Waals surface area contributed by atoms with Crippen LogP contribution in [0.3, 0.4) is 0 Å². The summed E-state index contributed by atoms with van der Waals surface area (Å²) >= 11 is 1.18. The van der Waals surface area contributed by atoms with Gasteiger partial charge in [0, 0.05) is 12.2 Å². The van der Waals surface area contributed by atoms with E-state index >= 15 is 0 Å². The molecule has 5 nitrogen and oxygen atoms in total. The maximum Gasteiger partial charge on any atom is 0.271 e. The van der Waals surface area contributed by atoms with Crippen molar-refractivity contribution in [3.8, 4) is 0 Å². The van der Waals surface area contributed by atoms with E-state index in [1.165, 1.54) is 11.3 Å². The number of thiophene rings is 1. The van der Waals surface area contributed by atoms with Gasteiger partial charge in [-0.05, 0) is 54.5 Å². The molecule has 2 aliphatic rings. The molecule has 1 unspecified atom stereocenters. The number of aryl methyl sites for hydroxylation is 1. The minimum absolute atomic E-state index is 0.110. The van der Waals surface area contributed by atoms with Gasteiger partial charge in [-0.3, -0.25) is 9.52 Å². The third-order valence-corrected chi connectivity index (χ3v) is 7.21. The lowest BCUT2D eigenvalue weighted by Gasteiger charge is -2.26. The predicted molar refractivity (Wildman–Crippen MR) is 90.7 cm³/mol. The lowest BCUT2D eigenvalue weighted by Crippen LogP contribution is -2.32. The van der Waals surface area contributed by atoms with Crippen molar-refractivity contribution >= 4 is 38.6 Å². The molecule has 3 heterocycles. The maximum absolute atomic E-state index is 12.4. The summed E-state index contributed by atoms with van der Waals surface area (Å²) in [4.78, 5) is 14.2. The second kappa shape index (κ2) is 5.07. The number of hydrogen-bond acceptors (Lipinski definition) is 4. The normalized spacial score (nSPS) is 19.8.